The highest BCUT2D eigenvalue weighted by Gasteiger charge is 2.22. The molecule has 1 aromatic carbocycles. The monoisotopic (exact) mass is 268 g/mol. The Morgan fingerprint density at radius 2 is 2.27 bits per heavy atom. The third kappa shape index (κ3) is 2.41. The van der Waals surface area contributed by atoms with E-state index in [1.54, 1.807) is 0 Å². The van der Waals surface area contributed by atoms with Gasteiger partial charge in [0.1, 0.15) is 0 Å². The van der Waals surface area contributed by atoms with Gasteiger partial charge in [0, 0.05) is 16.6 Å². The van der Waals surface area contributed by atoms with Gasteiger partial charge in [-0.1, -0.05) is 28.1 Å². The molecule has 15 heavy (non-hydrogen) atoms. The molecule has 0 bridgehead atoms. The van der Waals surface area contributed by atoms with Crippen molar-refractivity contribution in [2.75, 3.05) is 6.54 Å². The fourth-order valence-corrected chi connectivity index (χ4v) is 2.48. The van der Waals surface area contributed by atoms with Crippen LogP contribution in [0.5, 0.6) is 0 Å². The zero-order valence-electron chi connectivity index (χ0n) is 8.96. The van der Waals surface area contributed by atoms with Crippen LogP contribution in [0.2, 0.25) is 0 Å². The summed E-state index contributed by atoms with van der Waals surface area (Å²) in [6, 6.07) is 7.05. The molecule has 1 aromatic rings. The maximum atomic E-state index is 6.12. The molecule has 0 aliphatic carbocycles. The zero-order valence-corrected chi connectivity index (χ0v) is 10.5. The minimum atomic E-state index is 0.244. The summed E-state index contributed by atoms with van der Waals surface area (Å²) < 4.78 is 1.17. The first-order valence-electron chi connectivity index (χ1n) is 5.43. The topological polar surface area (TPSA) is 38.0 Å². The van der Waals surface area contributed by atoms with Crippen molar-refractivity contribution in [3.63, 3.8) is 0 Å². The van der Waals surface area contributed by atoms with E-state index in [4.69, 9.17) is 5.73 Å². The van der Waals surface area contributed by atoms with E-state index in [9.17, 15) is 0 Å². The van der Waals surface area contributed by atoms with E-state index in [0.717, 1.165) is 13.0 Å². The van der Waals surface area contributed by atoms with Crippen LogP contribution in [0, 0.1) is 6.92 Å². The van der Waals surface area contributed by atoms with E-state index in [1.165, 1.54) is 22.0 Å². The molecular weight excluding hydrogens is 252 g/mol. The molecule has 1 heterocycles. The summed E-state index contributed by atoms with van der Waals surface area (Å²) in [6.45, 7) is 3.17. The predicted octanol–water partition coefficient (Wildman–Crippen LogP) is 2.51. The van der Waals surface area contributed by atoms with Crippen LogP contribution in [0.15, 0.2) is 22.7 Å². The van der Waals surface area contributed by atoms with E-state index in [0.29, 0.717) is 6.04 Å². The smallest absolute Gasteiger partial charge is 0.0474 e. The van der Waals surface area contributed by atoms with Crippen molar-refractivity contribution in [3.8, 4) is 0 Å². The number of aryl methyl sites for hydroxylation is 1. The molecule has 1 aliphatic rings. The van der Waals surface area contributed by atoms with Crippen LogP contribution in [-0.4, -0.2) is 12.6 Å². The van der Waals surface area contributed by atoms with E-state index in [2.05, 4.69) is 46.4 Å². The number of piperidine rings is 1. The molecule has 0 aromatic heterocycles. The molecule has 1 aliphatic heterocycles. The highest BCUT2D eigenvalue weighted by Crippen LogP contribution is 2.26. The molecule has 2 rings (SSSR count). The zero-order chi connectivity index (χ0) is 10.8. The molecule has 2 unspecified atom stereocenters. The molecule has 0 amide bonds. The summed E-state index contributed by atoms with van der Waals surface area (Å²) in [5, 5.41) is 3.49. The summed E-state index contributed by atoms with van der Waals surface area (Å²) in [7, 11) is 0. The summed E-state index contributed by atoms with van der Waals surface area (Å²) >= 11 is 3.56. The quantitative estimate of drug-likeness (QED) is 0.822. The summed E-state index contributed by atoms with van der Waals surface area (Å²) in [4.78, 5) is 0. The van der Waals surface area contributed by atoms with Crippen molar-refractivity contribution < 1.29 is 0 Å². The summed E-state index contributed by atoms with van der Waals surface area (Å²) in [6.07, 6.45) is 2.30. The minimum Gasteiger partial charge on any atom is -0.326 e. The van der Waals surface area contributed by atoms with Gasteiger partial charge in [0.15, 0.2) is 0 Å². The molecule has 2 atom stereocenters. The summed E-state index contributed by atoms with van der Waals surface area (Å²) in [5.41, 5.74) is 8.68. The molecule has 1 saturated heterocycles. The van der Waals surface area contributed by atoms with Crippen molar-refractivity contribution in [2.45, 2.75) is 31.8 Å². The Hall–Kier alpha value is -0.380. The molecule has 2 nitrogen and oxygen atoms in total. The Kier molecular flexibility index (Phi) is 3.44. The highest BCUT2D eigenvalue weighted by molar-refractivity contribution is 9.10. The molecule has 0 radical (unpaired) electrons. The van der Waals surface area contributed by atoms with Crippen LogP contribution >= 0.6 is 15.9 Å². The Morgan fingerprint density at radius 3 is 2.93 bits per heavy atom. The van der Waals surface area contributed by atoms with Crippen LogP contribution in [0.25, 0.3) is 0 Å². The molecule has 0 spiro atoms. The molecular formula is C12H17BrN2. The standard InChI is InChI=1S/C12H17BrN2/c1-8-4-5-9(7-10(8)13)12-11(14)3-2-6-15-12/h4-5,7,11-12,15H,2-3,6,14H2,1H3. The van der Waals surface area contributed by atoms with Gasteiger partial charge in [0.25, 0.3) is 0 Å². The van der Waals surface area contributed by atoms with Gasteiger partial charge in [-0.15, -0.1) is 0 Å². The Morgan fingerprint density at radius 1 is 1.47 bits per heavy atom. The van der Waals surface area contributed by atoms with Gasteiger partial charge in [0.05, 0.1) is 0 Å². The Balaban J connectivity index is 2.24. The lowest BCUT2D eigenvalue weighted by atomic mass is 9.93. The van der Waals surface area contributed by atoms with E-state index in [1.807, 2.05) is 0 Å². The highest BCUT2D eigenvalue weighted by atomic mass is 79.9. The average molecular weight is 269 g/mol. The van der Waals surface area contributed by atoms with Crippen LogP contribution in [0.4, 0.5) is 0 Å². The van der Waals surface area contributed by atoms with Gasteiger partial charge < -0.3 is 11.1 Å². The number of hydrogen-bond acceptors (Lipinski definition) is 2. The fourth-order valence-electron chi connectivity index (χ4n) is 2.08. The lowest BCUT2D eigenvalue weighted by Gasteiger charge is -2.30. The number of hydrogen-bond donors (Lipinski definition) is 2. The van der Waals surface area contributed by atoms with Crippen molar-refractivity contribution in [1.82, 2.24) is 5.32 Å². The lowest BCUT2D eigenvalue weighted by Crippen LogP contribution is -2.42. The number of nitrogens with one attached hydrogen (secondary N) is 1. The van der Waals surface area contributed by atoms with Gasteiger partial charge in [0.2, 0.25) is 0 Å². The van der Waals surface area contributed by atoms with Gasteiger partial charge in [-0.05, 0) is 43.5 Å². The first-order valence-corrected chi connectivity index (χ1v) is 6.23. The van der Waals surface area contributed by atoms with E-state index < -0.39 is 0 Å². The summed E-state index contributed by atoms with van der Waals surface area (Å²) in [5.74, 6) is 0. The molecule has 3 N–H and O–H groups in total. The molecule has 1 fully saturated rings. The van der Waals surface area contributed by atoms with Crippen LogP contribution in [0.1, 0.15) is 30.0 Å². The third-order valence-electron chi connectivity index (χ3n) is 3.06. The van der Waals surface area contributed by atoms with Gasteiger partial charge >= 0.3 is 0 Å². The predicted molar refractivity (Wildman–Crippen MR) is 66.8 cm³/mol. The van der Waals surface area contributed by atoms with Crippen LogP contribution < -0.4 is 11.1 Å². The lowest BCUT2D eigenvalue weighted by molar-refractivity contribution is 0.358. The van der Waals surface area contributed by atoms with Crippen LogP contribution in [-0.2, 0) is 0 Å². The molecule has 82 valence electrons. The van der Waals surface area contributed by atoms with E-state index >= 15 is 0 Å². The fraction of sp³-hybridized carbons (Fsp3) is 0.500. The first kappa shape index (κ1) is 11.1. The van der Waals surface area contributed by atoms with Gasteiger partial charge in [-0.2, -0.15) is 0 Å². The number of nitrogens with two attached hydrogens (primary N) is 1. The molecule has 0 saturated carbocycles. The second-order valence-corrected chi connectivity index (χ2v) is 5.10. The molecule has 3 heteroatoms. The second kappa shape index (κ2) is 4.64. The Labute approximate surface area is 99.4 Å². The third-order valence-corrected chi connectivity index (χ3v) is 3.92. The van der Waals surface area contributed by atoms with Crippen LogP contribution in [0.3, 0.4) is 0 Å². The maximum Gasteiger partial charge on any atom is 0.0474 e. The van der Waals surface area contributed by atoms with Crippen molar-refractivity contribution >= 4 is 15.9 Å². The van der Waals surface area contributed by atoms with Gasteiger partial charge in [-0.25, -0.2) is 0 Å². The largest absolute Gasteiger partial charge is 0.326 e. The van der Waals surface area contributed by atoms with E-state index in [-0.39, 0.29) is 6.04 Å². The second-order valence-electron chi connectivity index (χ2n) is 4.25. The number of rotatable bonds is 1. The SMILES string of the molecule is Cc1ccc(C2NCCCC2N)cc1Br. The number of halogens is 1. The normalized spacial score (nSPS) is 26.6. The van der Waals surface area contributed by atoms with Crippen molar-refractivity contribution in [1.29, 1.82) is 0 Å². The Bertz CT molecular complexity index is 351. The number of benzene rings is 1. The minimum absolute atomic E-state index is 0.244. The van der Waals surface area contributed by atoms with Crippen molar-refractivity contribution in [3.05, 3.63) is 33.8 Å². The van der Waals surface area contributed by atoms with Crippen molar-refractivity contribution in [2.24, 2.45) is 5.73 Å². The van der Waals surface area contributed by atoms with Gasteiger partial charge in [-0.3, -0.25) is 0 Å². The first-order chi connectivity index (χ1) is 7.18. The average Bonchev–Trinajstić information content (AvgIpc) is 2.23. The maximum absolute atomic E-state index is 6.12.